The molecule has 3 atom stereocenters. The molecule has 0 aliphatic heterocycles. The topological polar surface area (TPSA) is 57.6 Å². The average molecular weight is 241 g/mol. The summed E-state index contributed by atoms with van der Waals surface area (Å²) in [6.07, 6.45) is 2.01. The van der Waals surface area contributed by atoms with E-state index in [2.05, 4.69) is 13.8 Å². The molecule has 0 aromatic rings. The number of hydrogen-bond donors (Lipinski definition) is 1. The minimum Gasteiger partial charge on any atom is -0.479 e. The fraction of sp³-hybridized carbons (Fsp3) is 0.846. The van der Waals surface area contributed by atoms with Gasteiger partial charge in [0, 0.05) is 13.5 Å². The first-order valence-corrected chi connectivity index (χ1v) is 6.36. The zero-order valence-corrected chi connectivity index (χ0v) is 11.2. The molecule has 0 aromatic heterocycles. The molecule has 98 valence electrons. The Bertz CT molecular complexity index is 316. The van der Waals surface area contributed by atoms with E-state index < -0.39 is 11.5 Å². The zero-order valence-electron chi connectivity index (χ0n) is 11.2. The highest BCUT2D eigenvalue weighted by atomic mass is 16.4. The summed E-state index contributed by atoms with van der Waals surface area (Å²) in [4.78, 5) is 24.8. The summed E-state index contributed by atoms with van der Waals surface area (Å²) in [5.74, 6) is -0.119. The first kappa shape index (κ1) is 14.0. The second-order valence-corrected chi connectivity index (χ2v) is 5.30. The number of carbonyl (C=O) groups excluding carboxylic acids is 1. The van der Waals surface area contributed by atoms with Crippen LogP contribution in [0.1, 0.15) is 47.0 Å². The van der Waals surface area contributed by atoms with Gasteiger partial charge in [0.15, 0.2) is 0 Å². The van der Waals surface area contributed by atoms with Crippen molar-refractivity contribution < 1.29 is 14.7 Å². The van der Waals surface area contributed by atoms with E-state index in [1.807, 2.05) is 6.92 Å². The lowest BCUT2D eigenvalue weighted by atomic mass is 9.70. The van der Waals surface area contributed by atoms with Gasteiger partial charge in [-0.15, -0.1) is 0 Å². The molecule has 1 N–H and O–H groups in total. The van der Waals surface area contributed by atoms with Crippen LogP contribution in [-0.2, 0) is 9.59 Å². The van der Waals surface area contributed by atoms with E-state index in [0.717, 1.165) is 6.42 Å². The molecule has 0 heterocycles. The molecule has 1 aliphatic rings. The number of nitrogens with zero attached hydrogens (tertiary/aromatic N) is 1. The van der Waals surface area contributed by atoms with E-state index in [1.54, 1.807) is 0 Å². The summed E-state index contributed by atoms with van der Waals surface area (Å²) < 4.78 is 0. The summed E-state index contributed by atoms with van der Waals surface area (Å²) >= 11 is 0. The van der Waals surface area contributed by atoms with Gasteiger partial charge in [0.25, 0.3) is 0 Å². The first-order valence-electron chi connectivity index (χ1n) is 6.36. The maximum atomic E-state index is 11.6. The highest BCUT2D eigenvalue weighted by Gasteiger charge is 2.48. The average Bonchev–Trinajstić information content (AvgIpc) is 2.23. The Kier molecular flexibility index (Phi) is 4.17. The molecule has 3 unspecified atom stereocenters. The number of rotatable bonds is 3. The number of aliphatic carboxylic acids is 1. The molecular formula is C13H23NO3. The van der Waals surface area contributed by atoms with Gasteiger partial charge in [-0.1, -0.05) is 13.8 Å². The van der Waals surface area contributed by atoms with E-state index in [9.17, 15) is 14.7 Å². The standard InChI is InChI=1S/C13H23NO3/c1-5-14(11(4)15)13(12(16)17)7-6-9(2)10(3)8-13/h9-10H,5-8H2,1-4H3,(H,16,17). The van der Waals surface area contributed by atoms with Crippen LogP contribution >= 0.6 is 0 Å². The van der Waals surface area contributed by atoms with Crippen LogP contribution in [0.3, 0.4) is 0 Å². The molecule has 17 heavy (non-hydrogen) atoms. The maximum absolute atomic E-state index is 11.6. The number of amides is 1. The number of hydrogen-bond acceptors (Lipinski definition) is 2. The molecule has 1 fully saturated rings. The van der Waals surface area contributed by atoms with Gasteiger partial charge in [0.1, 0.15) is 5.54 Å². The predicted octanol–water partition coefficient (Wildman–Crippen LogP) is 2.13. The van der Waals surface area contributed by atoms with Crippen molar-refractivity contribution in [1.29, 1.82) is 0 Å². The number of carboxylic acid groups (broad SMARTS) is 1. The smallest absolute Gasteiger partial charge is 0.329 e. The fourth-order valence-electron chi connectivity index (χ4n) is 2.97. The summed E-state index contributed by atoms with van der Waals surface area (Å²) in [6.45, 7) is 7.99. The van der Waals surface area contributed by atoms with Crippen LogP contribution in [0.2, 0.25) is 0 Å². The van der Waals surface area contributed by atoms with Gasteiger partial charge in [-0.2, -0.15) is 0 Å². The molecule has 0 aromatic carbocycles. The van der Waals surface area contributed by atoms with Crippen LogP contribution in [0.15, 0.2) is 0 Å². The molecule has 1 aliphatic carbocycles. The zero-order chi connectivity index (χ0) is 13.2. The van der Waals surface area contributed by atoms with Gasteiger partial charge in [-0.25, -0.2) is 4.79 Å². The van der Waals surface area contributed by atoms with Crippen molar-refractivity contribution in [3.8, 4) is 0 Å². The molecule has 1 saturated carbocycles. The van der Waals surface area contributed by atoms with Crippen molar-refractivity contribution in [2.24, 2.45) is 11.8 Å². The van der Waals surface area contributed by atoms with Crippen molar-refractivity contribution >= 4 is 11.9 Å². The summed E-state index contributed by atoms with van der Waals surface area (Å²) in [7, 11) is 0. The van der Waals surface area contributed by atoms with Crippen LogP contribution in [-0.4, -0.2) is 34.0 Å². The molecule has 4 nitrogen and oxygen atoms in total. The van der Waals surface area contributed by atoms with Crippen LogP contribution in [0.4, 0.5) is 0 Å². The first-order chi connectivity index (χ1) is 7.85. The Hall–Kier alpha value is -1.06. The Morgan fingerprint density at radius 2 is 1.94 bits per heavy atom. The molecule has 4 heteroatoms. The quantitative estimate of drug-likeness (QED) is 0.823. The molecule has 0 spiro atoms. The normalized spacial score (nSPS) is 33.2. The van der Waals surface area contributed by atoms with E-state index >= 15 is 0 Å². The van der Waals surface area contributed by atoms with Gasteiger partial charge in [-0.3, -0.25) is 4.79 Å². The molecule has 1 rings (SSSR count). The monoisotopic (exact) mass is 241 g/mol. The third-order valence-corrected chi connectivity index (χ3v) is 4.26. The molecule has 0 radical (unpaired) electrons. The van der Waals surface area contributed by atoms with E-state index in [-0.39, 0.29) is 5.91 Å². The highest BCUT2D eigenvalue weighted by molar-refractivity contribution is 5.86. The van der Waals surface area contributed by atoms with Gasteiger partial charge in [0.2, 0.25) is 5.91 Å². The Morgan fingerprint density at radius 1 is 1.35 bits per heavy atom. The van der Waals surface area contributed by atoms with Gasteiger partial charge in [-0.05, 0) is 38.0 Å². The third kappa shape index (κ3) is 2.45. The van der Waals surface area contributed by atoms with Gasteiger partial charge in [0.05, 0.1) is 0 Å². The molecular weight excluding hydrogens is 218 g/mol. The summed E-state index contributed by atoms with van der Waals surface area (Å²) in [6, 6.07) is 0. The lowest BCUT2D eigenvalue weighted by Crippen LogP contribution is -2.59. The van der Waals surface area contributed by atoms with Crippen molar-refractivity contribution in [3.63, 3.8) is 0 Å². The maximum Gasteiger partial charge on any atom is 0.329 e. The Labute approximate surface area is 103 Å². The van der Waals surface area contributed by atoms with Gasteiger partial charge < -0.3 is 10.0 Å². The SMILES string of the molecule is CCN(C(C)=O)C1(C(=O)O)CCC(C)C(C)C1. The minimum atomic E-state index is -0.980. The number of carboxylic acids is 1. The van der Waals surface area contributed by atoms with Crippen LogP contribution in [0.25, 0.3) is 0 Å². The fourth-order valence-corrected chi connectivity index (χ4v) is 2.97. The molecule has 1 amide bonds. The molecule has 0 bridgehead atoms. The Balaban J connectivity index is 3.06. The lowest BCUT2D eigenvalue weighted by molar-refractivity contribution is -0.163. The second-order valence-electron chi connectivity index (χ2n) is 5.30. The van der Waals surface area contributed by atoms with Crippen LogP contribution < -0.4 is 0 Å². The minimum absolute atomic E-state index is 0.142. The molecule has 0 saturated heterocycles. The van der Waals surface area contributed by atoms with Crippen LogP contribution in [0.5, 0.6) is 0 Å². The van der Waals surface area contributed by atoms with Crippen LogP contribution in [0, 0.1) is 11.8 Å². The summed E-state index contributed by atoms with van der Waals surface area (Å²) in [5, 5.41) is 9.55. The second kappa shape index (κ2) is 5.07. The van der Waals surface area contributed by atoms with Crippen molar-refractivity contribution in [2.75, 3.05) is 6.54 Å². The third-order valence-electron chi connectivity index (χ3n) is 4.26. The van der Waals surface area contributed by atoms with E-state index in [1.165, 1.54) is 11.8 Å². The predicted molar refractivity (Wildman–Crippen MR) is 65.6 cm³/mol. The van der Waals surface area contributed by atoms with E-state index in [4.69, 9.17) is 0 Å². The van der Waals surface area contributed by atoms with E-state index in [0.29, 0.717) is 31.2 Å². The lowest BCUT2D eigenvalue weighted by Gasteiger charge is -2.46. The van der Waals surface area contributed by atoms with Crippen molar-refractivity contribution in [2.45, 2.75) is 52.5 Å². The highest BCUT2D eigenvalue weighted by Crippen LogP contribution is 2.40. The van der Waals surface area contributed by atoms with Crippen molar-refractivity contribution in [1.82, 2.24) is 4.90 Å². The largest absolute Gasteiger partial charge is 0.479 e. The number of carbonyl (C=O) groups is 2. The summed E-state index contributed by atoms with van der Waals surface area (Å²) in [5.41, 5.74) is -0.980. The van der Waals surface area contributed by atoms with Crippen molar-refractivity contribution in [3.05, 3.63) is 0 Å². The Morgan fingerprint density at radius 3 is 2.29 bits per heavy atom. The van der Waals surface area contributed by atoms with Gasteiger partial charge >= 0.3 is 5.97 Å². The number of likely N-dealkylation sites (N-methyl/N-ethyl adjacent to an activating group) is 1.